The SMILES string of the molecule is CN1CC23Cc4ccc(O)cc4C2(C)C(NC(=O)C=Cc2ccoc2)C13. The van der Waals surface area contributed by atoms with Gasteiger partial charge in [-0.05, 0) is 48.9 Å². The van der Waals surface area contributed by atoms with E-state index in [0.717, 1.165) is 18.5 Å². The van der Waals surface area contributed by atoms with Crippen molar-refractivity contribution in [1.82, 2.24) is 10.2 Å². The molecule has 5 heteroatoms. The van der Waals surface area contributed by atoms with Gasteiger partial charge in [-0.15, -0.1) is 0 Å². The summed E-state index contributed by atoms with van der Waals surface area (Å²) in [7, 11) is 2.12. The molecule has 2 fully saturated rings. The van der Waals surface area contributed by atoms with E-state index in [0.29, 0.717) is 11.8 Å². The van der Waals surface area contributed by atoms with Crippen LogP contribution in [0.25, 0.3) is 6.08 Å². The minimum Gasteiger partial charge on any atom is -0.508 e. The maximum atomic E-state index is 12.5. The predicted octanol–water partition coefficient (Wildman–Crippen LogP) is 2.31. The molecular weight excluding hydrogens is 328 g/mol. The quantitative estimate of drug-likeness (QED) is 0.834. The van der Waals surface area contributed by atoms with Crippen LogP contribution in [0.1, 0.15) is 23.6 Å². The van der Waals surface area contributed by atoms with Crippen molar-refractivity contribution in [3.8, 4) is 5.75 Å². The Bertz CT molecular complexity index is 919. The van der Waals surface area contributed by atoms with E-state index in [2.05, 4.69) is 24.2 Å². The molecule has 5 nitrogen and oxygen atoms in total. The summed E-state index contributed by atoms with van der Waals surface area (Å²) in [5.74, 6) is 0.197. The molecule has 26 heavy (non-hydrogen) atoms. The van der Waals surface area contributed by atoms with Crippen LogP contribution in [0, 0.1) is 5.41 Å². The molecule has 1 amide bonds. The summed E-state index contributed by atoms with van der Waals surface area (Å²) in [5.41, 5.74) is 3.38. The van der Waals surface area contributed by atoms with E-state index in [9.17, 15) is 9.90 Å². The second-order valence-corrected chi connectivity index (χ2v) is 8.11. The van der Waals surface area contributed by atoms with Crippen LogP contribution in [0.2, 0.25) is 0 Å². The van der Waals surface area contributed by atoms with Crippen LogP contribution in [-0.4, -0.2) is 41.6 Å². The summed E-state index contributed by atoms with van der Waals surface area (Å²) >= 11 is 0. The molecule has 1 saturated carbocycles. The summed E-state index contributed by atoms with van der Waals surface area (Å²) in [6.45, 7) is 3.27. The Morgan fingerprint density at radius 2 is 2.27 bits per heavy atom. The molecular formula is C21H22N2O3. The third-order valence-electron chi connectivity index (χ3n) is 6.97. The Hall–Kier alpha value is -2.53. The number of phenolic OH excluding ortho intramolecular Hbond substituents is 1. The molecule has 0 bridgehead atoms. The molecule has 2 aliphatic carbocycles. The number of likely N-dealkylation sites (tertiary alicyclic amines) is 1. The van der Waals surface area contributed by atoms with Gasteiger partial charge in [-0.25, -0.2) is 0 Å². The smallest absolute Gasteiger partial charge is 0.244 e. The van der Waals surface area contributed by atoms with Gasteiger partial charge in [0.2, 0.25) is 5.91 Å². The van der Waals surface area contributed by atoms with Crippen molar-refractivity contribution in [1.29, 1.82) is 0 Å². The molecule has 2 heterocycles. The highest BCUT2D eigenvalue weighted by molar-refractivity contribution is 5.92. The van der Waals surface area contributed by atoms with Gasteiger partial charge < -0.3 is 19.7 Å². The summed E-state index contributed by atoms with van der Waals surface area (Å²) < 4.78 is 5.02. The number of phenols is 1. The van der Waals surface area contributed by atoms with E-state index in [-0.39, 0.29) is 22.8 Å². The topological polar surface area (TPSA) is 65.7 Å². The highest BCUT2D eigenvalue weighted by Gasteiger charge is 2.79. The van der Waals surface area contributed by atoms with E-state index in [1.165, 1.54) is 11.1 Å². The van der Waals surface area contributed by atoms with Crippen molar-refractivity contribution in [2.75, 3.05) is 13.6 Å². The average molecular weight is 350 g/mol. The standard InChI is InChI=1S/C21H22N2O3/c1-20-16-9-15(24)5-4-14(16)10-21(20)12-23(2)19(21)18(20)22-17(25)6-3-13-7-8-26-11-13/h3-9,11,18-19,24H,10,12H2,1-2H3,(H,22,25). The van der Waals surface area contributed by atoms with Crippen LogP contribution in [0.15, 0.2) is 47.3 Å². The van der Waals surface area contributed by atoms with Gasteiger partial charge in [0.25, 0.3) is 0 Å². The zero-order chi connectivity index (χ0) is 18.1. The lowest BCUT2D eigenvalue weighted by Gasteiger charge is -2.75. The van der Waals surface area contributed by atoms with Gasteiger partial charge in [0.15, 0.2) is 0 Å². The van der Waals surface area contributed by atoms with Crippen molar-refractivity contribution in [3.05, 3.63) is 59.6 Å². The maximum absolute atomic E-state index is 12.5. The van der Waals surface area contributed by atoms with Crippen molar-refractivity contribution in [2.24, 2.45) is 5.41 Å². The first kappa shape index (κ1) is 15.7. The highest BCUT2D eigenvalue weighted by Crippen LogP contribution is 2.70. The van der Waals surface area contributed by atoms with Crippen LogP contribution >= 0.6 is 0 Å². The number of carbonyl (C=O) groups is 1. The second kappa shape index (κ2) is 5.01. The molecule has 2 aromatic rings. The maximum Gasteiger partial charge on any atom is 0.244 e. The number of benzene rings is 1. The molecule has 1 aromatic heterocycles. The predicted molar refractivity (Wildman–Crippen MR) is 97.7 cm³/mol. The first-order valence-corrected chi connectivity index (χ1v) is 8.99. The number of likely N-dealkylation sites (N-methyl/N-ethyl adjacent to an activating group) is 1. The number of nitrogens with one attached hydrogen (secondary N) is 1. The number of hydrogen-bond donors (Lipinski definition) is 2. The van der Waals surface area contributed by atoms with Crippen LogP contribution in [-0.2, 0) is 16.6 Å². The zero-order valence-electron chi connectivity index (χ0n) is 14.9. The molecule has 4 atom stereocenters. The van der Waals surface area contributed by atoms with E-state index in [1.807, 2.05) is 18.2 Å². The summed E-state index contributed by atoms with van der Waals surface area (Å²) in [4.78, 5) is 14.9. The lowest BCUT2D eigenvalue weighted by Crippen LogP contribution is -2.89. The highest BCUT2D eigenvalue weighted by atomic mass is 16.3. The van der Waals surface area contributed by atoms with Gasteiger partial charge >= 0.3 is 0 Å². The van der Waals surface area contributed by atoms with Gasteiger partial charge in [-0.3, -0.25) is 4.79 Å². The Morgan fingerprint density at radius 1 is 1.42 bits per heavy atom. The summed E-state index contributed by atoms with van der Waals surface area (Å²) in [5, 5.41) is 13.2. The summed E-state index contributed by atoms with van der Waals surface area (Å²) in [6.07, 6.45) is 7.53. The molecule has 1 saturated heterocycles. The molecule has 5 rings (SSSR count). The number of fused-ring (bicyclic) bond motifs is 2. The van der Waals surface area contributed by atoms with Gasteiger partial charge in [0.1, 0.15) is 5.75 Å². The van der Waals surface area contributed by atoms with Gasteiger partial charge in [0, 0.05) is 35.1 Å². The third-order valence-corrected chi connectivity index (χ3v) is 6.97. The van der Waals surface area contributed by atoms with Crippen molar-refractivity contribution >= 4 is 12.0 Å². The molecule has 1 aromatic carbocycles. The van der Waals surface area contributed by atoms with Gasteiger partial charge in [0.05, 0.1) is 18.6 Å². The fourth-order valence-corrected chi connectivity index (χ4v) is 5.81. The summed E-state index contributed by atoms with van der Waals surface area (Å²) in [6, 6.07) is 7.88. The first-order valence-electron chi connectivity index (χ1n) is 8.99. The number of aromatic hydroxyl groups is 1. The number of amides is 1. The van der Waals surface area contributed by atoms with E-state index in [1.54, 1.807) is 30.7 Å². The monoisotopic (exact) mass is 350 g/mol. The Kier molecular flexibility index (Phi) is 3.03. The number of rotatable bonds is 3. The van der Waals surface area contributed by atoms with Gasteiger partial charge in [-0.2, -0.15) is 0 Å². The van der Waals surface area contributed by atoms with Crippen molar-refractivity contribution in [2.45, 2.75) is 30.8 Å². The zero-order valence-corrected chi connectivity index (χ0v) is 14.9. The van der Waals surface area contributed by atoms with Crippen molar-refractivity contribution < 1.29 is 14.3 Å². The number of hydrogen-bond acceptors (Lipinski definition) is 4. The minimum absolute atomic E-state index is 0.0331. The lowest BCUT2D eigenvalue weighted by atomic mass is 9.40. The molecule has 134 valence electrons. The fourth-order valence-electron chi connectivity index (χ4n) is 5.81. The lowest BCUT2D eigenvalue weighted by molar-refractivity contribution is -0.215. The minimum atomic E-state index is -0.141. The van der Waals surface area contributed by atoms with Crippen LogP contribution in [0.3, 0.4) is 0 Å². The van der Waals surface area contributed by atoms with Crippen LogP contribution < -0.4 is 5.32 Å². The molecule has 1 aliphatic heterocycles. The number of nitrogens with zero attached hydrogens (tertiary/aromatic N) is 1. The van der Waals surface area contributed by atoms with Crippen molar-refractivity contribution in [3.63, 3.8) is 0 Å². The number of piperidine rings is 1. The third kappa shape index (κ3) is 1.76. The normalized spacial score (nSPS) is 34.5. The number of furan rings is 1. The molecule has 4 unspecified atom stereocenters. The van der Waals surface area contributed by atoms with E-state index in [4.69, 9.17) is 4.42 Å². The molecule has 2 N–H and O–H groups in total. The average Bonchev–Trinajstić information content (AvgIpc) is 3.19. The largest absolute Gasteiger partial charge is 0.508 e. The van der Waals surface area contributed by atoms with E-state index >= 15 is 0 Å². The molecule has 0 radical (unpaired) electrons. The second-order valence-electron chi connectivity index (χ2n) is 8.11. The molecule has 1 spiro atoms. The van der Waals surface area contributed by atoms with Crippen LogP contribution in [0.4, 0.5) is 0 Å². The Labute approximate surface area is 152 Å². The Balaban J connectivity index is 1.44. The van der Waals surface area contributed by atoms with Crippen LogP contribution in [0.5, 0.6) is 5.75 Å². The number of carbonyl (C=O) groups excluding carboxylic acids is 1. The molecule has 3 aliphatic rings. The van der Waals surface area contributed by atoms with E-state index < -0.39 is 0 Å². The fraction of sp³-hybridized carbons (Fsp3) is 0.381. The Morgan fingerprint density at radius 3 is 3.00 bits per heavy atom. The van der Waals surface area contributed by atoms with Gasteiger partial charge in [-0.1, -0.05) is 13.0 Å². The first-order chi connectivity index (χ1) is 12.5.